The highest BCUT2D eigenvalue weighted by Gasteiger charge is 2.28. The molecule has 0 saturated carbocycles. The molecule has 0 aliphatic heterocycles. The Bertz CT molecular complexity index is 1680. The van der Waals surface area contributed by atoms with Crippen molar-refractivity contribution in [2.24, 2.45) is 0 Å². The fourth-order valence-corrected chi connectivity index (χ4v) is 6.13. The van der Waals surface area contributed by atoms with E-state index in [1.165, 1.54) is 18.3 Å². The molecular weight excluding hydrogens is 590 g/mol. The summed E-state index contributed by atoms with van der Waals surface area (Å²) in [6.07, 6.45) is 0.686. The molecule has 0 fully saturated rings. The van der Waals surface area contributed by atoms with Crippen molar-refractivity contribution >= 4 is 39.2 Å². The van der Waals surface area contributed by atoms with Crippen LogP contribution in [0.1, 0.15) is 48.6 Å². The van der Waals surface area contributed by atoms with E-state index < -0.39 is 40.3 Å². The largest absolute Gasteiger partial charge is 0.480 e. The zero-order chi connectivity index (χ0) is 31.4. The first-order valence-electron chi connectivity index (χ1n) is 13.4. The number of hydrogen-bond acceptors (Lipinski definition) is 9. The van der Waals surface area contributed by atoms with E-state index in [2.05, 4.69) is 19.7 Å². The van der Waals surface area contributed by atoms with Crippen molar-refractivity contribution in [3.63, 3.8) is 0 Å². The van der Waals surface area contributed by atoms with Crippen molar-refractivity contribution in [3.05, 3.63) is 88.7 Å². The molecule has 3 heterocycles. The highest BCUT2D eigenvalue weighted by Crippen LogP contribution is 2.29. The predicted octanol–water partition coefficient (Wildman–Crippen LogP) is 5.31. The number of thiazole rings is 1. The summed E-state index contributed by atoms with van der Waals surface area (Å²) in [4.78, 5) is 39.7. The lowest BCUT2D eigenvalue weighted by Crippen LogP contribution is -2.40. The van der Waals surface area contributed by atoms with Crippen LogP contribution in [0.3, 0.4) is 0 Å². The number of pyridine rings is 2. The number of carboxylic acid groups (broad SMARTS) is 1. The average molecular weight is 624 g/mol. The number of carboxylic acids is 1. The van der Waals surface area contributed by atoms with Crippen LogP contribution in [0.15, 0.2) is 71.9 Å². The fraction of sp³-hybridized carbons (Fsp3) is 0.300. The number of aliphatic carboxylic acids is 1. The van der Waals surface area contributed by atoms with Crippen molar-refractivity contribution in [3.8, 4) is 10.6 Å². The van der Waals surface area contributed by atoms with Crippen LogP contribution in [0.2, 0.25) is 0 Å². The van der Waals surface area contributed by atoms with Gasteiger partial charge in [0.2, 0.25) is 0 Å². The van der Waals surface area contributed by atoms with E-state index in [1.807, 2.05) is 38.1 Å². The minimum Gasteiger partial charge on any atom is -0.480 e. The second kappa shape index (κ2) is 13.0. The standard InChI is InChI=1S/C30H33N5O6S2/c1-19-20(2)42-28(32-19)22-14-12-21(13-15-22)17-24(34-43(39,40)26-11-6-7-16-31-26)23-9-8-10-25(33-23)35(18-27(36)37)29(38)41-30(3,4)5/h6-16,24,34H,17-18H2,1-5H3,(H,36,37). The van der Waals surface area contributed by atoms with Crippen LogP contribution in [0.25, 0.3) is 10.6 Å². The molecule has 0 aliphatic carbocycles. The first kappa shape index (κ1) is 31.7. The molecule has 1 amide bonds. The summed E-state index contributed by atoms with van der Waals surface area (Å²) in [7, 11) is -4.08. The van der Waals surface area contributed by atoms with E-state index in [0.717, 1.165) is 31.6 Å². The number of aryl methyl sites for hydroxylation is 2. The summed E-state index contributed by atoms with van der Waals surface area (Å²) >= 11 is 1.60. The maximum Gasteiger partial charge on any atom is 0.416 e. The minimum atomic E-state index is -4.08. The molecule has 3 aromatic heterocycles. The monoisotopic (exact) mass is 623 g/mol. The van der Waals surface area contributed by atoms with Gasteiger partial charge in [0.1, 0.15) is 23.0 Å². The van der Waals surface area contributed by atoms with Gasteiger partial charge in [-0.25, -0.2) is 32.9 Å². The Morgan fingerprint density at radius 1 is 1.02 bits per heavy atom. The average Bonchev–Trinajstić information content (AvgIpc) is 3.29. The summed E-state index contributed by atoms with van der Waals surface area (Å²) in [6, 6.07) is 16.0. The molecule has 1 aromatic carbocycles. The molecule has 0 spiro atoms. The molecule has 2 N–H and O–H groups in total. The minimum absolute atomic E-state index is 0.000964. The second-order valence-corrected chi connectivity index (χ2v) is 13.6. The van der Waals surface area contributed by atoms with E-state index in [-0.39, 0.29) is 23.0 Å². The van der Waals surface area contributed by atoms with Crippen LogP contribution >= 0.6 is 11.3 Å². The lowest BCUT2D eigenvalue weighted by atomic mass is 10.0. The number of aromatic nitrogens is 3. The summed E-state index contributed by atoms with van der Waals surface area (Å²) in [5.41, 5.74) is 2.12. The van der Waals surface area contributed by atoms with Crippen LogP contribution in [-0.4, -0.2) is 52.7 Å². The summed E-state index contributed by atoms with van der Waals surface area (Å²) in [6.45, 7) is 8.27. The Kier molecular flexibility index (Phi) is 9.58. The number of hydrogen-bond donors (Lipinski definition) is 2. The van der Waals surface area contributed by atoms with Crippen molar-refractivity contribution < 1.29 is 27.9 Å². The third-order valence-electron chi connectivity index (χ3n) is 6.18. The molecule has 1 atom stereocenters. The van der Waals surface area contributed by atoms with Gasteiger partial charge in [-0.1, -0.05) is 36.4 Å². The number of anilines is 1. The molecule has 0 aliphatic rings. The Morgan fingerprint density at radius 2 is 1.74 bits per heavy atom. The van der Waals surface area contributed by atoms with Crippen LogP contribution in [0.4, 0.5) is 10.6 Å². The normalized spacial score (nSPS) is 12.5. The van der Waals surface area contributed by atoms with E-state index in [1.54, 1.807) is 56.4 Å². The first-order valence-corrected chi connectivity index (χ1v) is 15.7. The van der Waals surface area contributed by atoms with Crippen LogP contribution in [-0.2, 0) is 26.0 Å². The number of nitrogens with one attached hydrogen (secondary N) is 1. The number of carbonyl (C=O) groups excluding carboxylic acids is 1. The molecule has 4 rings (SSSR count). The van der Waals surface area contributed by atoms with E-state index in [0.29, 0.717) is 0 Å². The molecule has 0 saturated heterocycles. The van der Waals surface area contributed by atoms with Gasteiger partial charge >= 0.3 is 12.1 Å². The van der Waals surface area contributed by atoms with Crippen molar-refractivity contribution in [2.75, 3.05) is 11.4 Å². The van der Waals surface area contributed by atoms with Gasteiger partial charge in [-0.15, -0.1) is 11.3 Å². The number of ether oxygens (including phenoxy) is 1. The van der Waals surface area contributed by atoms with Crippen molar-refractivity contribution in [2.45, 2.75) is 57.7 Å². The van der Waals surface area contributed by atoms with Gasteiger partial charge < -0.3 is 9.84 Å². The van der Waals surface area contributed by atoms with Crippen LogP contribution < -0.4 is 9.62 Å². The summed E-state index contributed by atoms with van der Waals surface area (Å²) in [5, 5.41) is 10.2. The molecule has 226 valence electrons. The van der Waals surface area contributed by atoms with Gasteiger partial charge in [0.15, 0.2) is 5.03 Å². The van der Waals surface area contributed by atoms with Gasteiger partial charge in [-0.3, -0.25) is 9.69 Å². The number of amides is 1. The summed E-state index contributed by atoms with van der Waals surface area (Å²) < 4.78 is 34.8. The Balaban J connectivity index is 1.70. The van der Waals surface area contributed by atoms with Crippen LogP contribution in [0.5, 0.6) is 0 Å². The molecule has 0 bridgehead atoms. The molecule has 4 aromatic rings. The predicted molar refractivity (Wildman–Crippen MR) is 163 cm³/mol. The maximum absolute atomic E-state index is 13.3. The van der Waals surface area contributed by atoms with Gasteiger partial charge in [-0.2, -0.15) is 0 Å². The molecule has 0 radical (unpaired) electrons. The first-order chi connectivity index (χ1) is 20.2. The zero-order valence-corrected chi connectivity index (χ0v) is 26.1. The van der Waals surface area contributed by atoms with Gasteiger partial charge in [-0.05, 0) is 70.9 Å². The second-order valence-electron chi connectivity index (χ2n) is 10.8. The van der Waals surface area contributed by atoms with Gasteiger partial charge in [0.25, 0.3) is 10.0 Å². The quantitative estimate of drug-likeness (QED) is 0.240. The van der Waals surface area contributed by atoms with Gasteiger partial charge in [0, 0.05) is 16.6 Å². The highest BCUT2D eigenvalue weighted by atomic mass is 32.2. The lowest BCUT2D eigenvalue weighted by molar-refractivity contribution is -0.135. The number of carbonyl (C=O) groups is 2. The topological polar surface area (TPSA) is 152 Å². The molecule has 11 nitrogen and oxygen atoms in total. The Hall–Kier alpha value is -4.20. The number of benzene rings is 1. The number of rotatable bonds is 10. The summed E-state index contributed by atoms with van der Waals surface area (Å²) in [5.74, 6) is -1.27. The van der Waals surface area contributed by atoms with Crippen molar-refractivity contribution in [1.82, 2.24) is 19.7 Å². The fourth-order valence-electron chi connectivity index (χ4n) is 4.05. The third kappa shape index (κ3) is 8.43. The van der Waals surface area contributed by atoms with E-state index in [4.69, 9.17) is 4.74 Å². The lowest BCUT2D eigenvalue weighted by Gasteiger charge is -2.26. The Labute approximate surface area is 254 Å². The SMILES string of the molecule is Cc1nc(-c2ccc(CC(NS(=O)(=O)c3ccccn3)c3cccc(N(CC(=O)O)C(=O)OC(C)(C)C)n3)cc2)sc1C. The zero-order valence-electron chi connectivity index (χ0n) is 24.4. The Morgan fingerprint density at radius 3 is 2.33 bits per heavy atom. The number of sulfonamides is 1. The molecule has 13 heteroatoms. The van der Waals surface area contributed by atoms with Crippen molar-refractivity contribution in [1.29, 1.82) is 0 Å². The smallest absolute Gasteiger partial charge is 0.416 e. The molecule has 1 unspecified atom stereocenters. The van der Waals surface area contributed by atoms with Crippen LogP contribution in [0, 0.1) is 13.8 Å². The molecular formula is C30H33N5O6S2. The van der Waals surface area contributed by atoms with Gasteiger partial charge in [0.05, 0.1) is 17.4 Å². The number of nitrogens with zero attached hydrogens (tertiary/aromatic N) is 4. The third-order valence-corrected chi connectivity index (χ3v) is 8.69. The van der Waals surface area contributed by atoms with E-state index in [9.17, 15) is 23.1 Å². The maximum atomic E-state index is 13.3. The molecule has 43 heavy (non-hydrogen) atoms. The van der Waals surface area contributed by atoms with E-state index >= 15 is 0 Å². The highest BCUT2D eigenvalue weighted by molar-refractivity contribution is 7.89.